The van der Waals surface area contributed by atoms with Crippen LogP contribution in [0.2, 0.25) is 0 Å². The van der Waals surface area contributed by atoms with Crippen molar-refractivity contribution < 1.29 is 28.6 Å². The fourth-order valence-electron chi connectivity index (χ4n) is 3.50. The second-order valence-electron chi connectivity index (χ2n) is 8.38. The van der Waals surface area contributed by atoms with Gasteiger partial charge in [0.05, 0.1) is 12.4 Å². The number of aromatic nitrogens is 1. The van der Waals surface area contributed by atoms with Crippen molar-refractivity contribution in [3.8, 4) is 11.5 Å². The molecule has 0 aliphatic heterocycles. The molecule has 2 aromatic carbocycles. The molecule has 0 spiro atoms. The molecule has 3 rings (SSSR count). The Kier molecular flexibility index (Phi) is 9.68. The molecule has 3 aromatic rings. The highest BCUT2D eigenvalue weighted by atomic mass is 32.2. The average molecular weight is 523 g/mol. The summed E-state index contributed by atoms with van der Waals surface area (Å²) in [6.45, 7) is 6.56. The van der Waals surface area contributed by atoms with E-state index in [1.807, 2.05) is 68.4 Å². The van der Waals surface area contributed by atoms with E-state index in [4.69, 9.17) is 14.2 Å². The summed E-state index contributed by atoms with van der Waals surface area (Å²) >= 11 is 1.60. The lowest BCUT2D eigenvalue weighted by atomic mass is 10.1. The molecule has 0 saturated heterocycles. The number of amides is 1. The van der Waals surface area contributed by atoms with Gasteiger partial charge in [-0.05, 0) is 38.5 Å². The molecule has 1 heterocycles. The van der Waals surface area contributed by atoms with Crippen molar-refractivity contribution in [2.75, 3.05) is 7.11 Å². The number of hydrogen-bond acceptors (Lipinski definition) is 8. The van der Waals surface area contributed by atoms with Gasteiger partial charge in [-0.1, -0.05) is 48.0 Å². The molecule has 0 unspecified atom stereocenters. The van der Waals surface area contributed by atoms with Crippen molar-refractivity contribution in [2.24, 2.45) is 0 Å². The molecule has 0 radical (unpaired) electrons. The Morgan fingerprint density at radius 1 is 0.973 bits per heavy atom. The van der Waals surface area contributed by atoms with Gasteiger partial charge < -0.3 is 19.5 Å². The number of aryl methyl sites for hydroxylation is 1. The van der Waals surface area contributed by atoms with Gasteiger partial charge in [0.1, 0.15) is 12.1 Å². The van der Waals surface area contributed by atoms with Gasteiger partial charge in [-0.3, -0.25) is 9.59 Å². The zero-order valence-corrected chi connectivity index (χ0v) is 22.2. The summed E-state index contributed by atoms with van der Waals surface area (Å²) in [5.41, 5.74) is 1.97. The summed E-state index contributed by atoms with van der Waals surface area (Å²) in [5.74, 6) is -1.91. The summed E-state index contributed by atoms with van der Waals surface area (Å²) in [4.78, 5) is 42.5. The van der Waals surface area contributed by atoms with Crippen molar-refractivity contribution in [3.05, 3.63) is 83.7 Å². The van der Waals surface area contributed by atoms with Gasteiger partial charge in [-0.15, -0.1) is 11.8 Å². The van der Waals surface area contributed by atoms with Crippen molar-refractivity contribution in [1.82, 2.24) is 10.3 Å². The van der Waals surface area contributed by atoms with E-state index in [0.29, 0.717) is 0 Å². The van der Waals surface area contributed by atoms with Gasteiger partial charge in [-0.2, -0.15) is 0 Å². The van der Waals surface area contributed by atoms with E-state index in [9.17, 15) is 14.4 Å². The largest absolute Gasteiger partial charge is 0.493 e. The van der Waals surface area contributed by atoms with Crippen LogP contribution in [0.4, 0.5) is 0 Å². The maximum atomic E-state index is 13.0. The molecular formula is C28H30N2O6S. The molecule has 194 valence electrons. The summed E-state index contributed by atoms with van der Waals surface area (Å²) in [6.07, 6.45) is 0.838. The number of carbonyl (C=O) groups excluding carboxylic acids is 3. The number of benzene rings is 2. The molecular weight excluding hydrogens is 492 g/mol. The lowest BCUT2D eigenvalue weighted by Gasteiger charge is -2.26. The molecule has 0 fully saturated rings. The summed E-state index contributed by atoms with van der Waals surface area (Å²) in [7, 11) is 1.38. The third kappa shape index (κ3) is 7.57. The standard InChI is InChI=1S/C28H30N2O6S/c1-17-11-13-21(14-12-17)26(37-22-9-7-6-8-10-22)19(3)35-28(33)18(2)30-27(32)24-25(36-20(4)31)23(34-5)15-16-29-24/h6-16,18-19,26H,1-5H3,(H,30,32)/t18-,19-,26-/m0/s1. The highest BCUT2D eigenvalue weighted by Crippen LogP contribution is 2.39. The van der Waals surface area contributed by atoms with Crippen LogP contribution >= 0.6 is 11.8 Å². The Morgan fingerprint density at radius 3 is 2.27 bits per heavy atom. The van der Waals surface area contributed by atoms with Crippen LogP contribution in [0.5, 0.6) is 11.5 Å². The van der Waals surface area contributed by atoms with Crippen molar-refractivity contribution in [1.29, 1.82) is 0 Å². The van der Waals surface area contributed by atoms with Crippen LogP contribution < -0.4 is 14.8 Å². The van der Waals surface area contributed by atoms with Crippen molar-refractivity contribution >= 4 is 29.6 Å². The molecule has 9 heteroatoms. The van der Waals surface area contributed by atoms with Crippen molar-refractivity contribution in [3.63, 3.8) is 0 Å². The van der Waals surface area contributed by atoms with Gasteiger partial charge >= 0.3 is 11.9 Å². The van der Waals surface area contributed by atoms with E-state index >= 15 is 0 Å². The third-order valence-electron chi connectivity index (χ3n) is 5.39. The molecule has 8 nitrogen and oxygen atoms in total. The number of nitrogens with one attached hydrogen (secondary N) is 1. The fourth-order valence-corrected chi connectivity index (χ4v) is 4.65. The minimum Gasteiger partial charge on any atom is -0.493 e. The lowest BCUT2D eigenvalue weighted by molar-refractivity contribution is -0.150. The van der Waals surface area contributed by atoms with Gasteiger partial charge in [0, 0.05) is 24.1 Å². The maximum absolute atomic E-state index is 13.0. The minimum absolute atomic E-state index is 0.123. The number of hydrogen-bond donors (Lipinski definition) is 1. The quantitative estimate of drug-likeness (QED) is 0.296. The number of ether oxygens (including phenoxy) is 3. The van der Waals surface area contributed by atoms with E-state index < -0.39 is 30.0 Å². The van der Waals surface area contributed by atoms with E-state index in [1.165, 1.54) is 33.2 Å². The summed E-state index contributed by atoms with van der Waals surface area (Å²) in [5, 5.41) is 2.40. The first-order valence-corrected chi connectivity index (χ1v) is 12.6. The third-order valence-corrected chi connectivity index (χ3v) is 6.84. The Labute approximate surface area is 220 Å². The topological polar surface area (TPSA) is 104 Å². The van der Waals surface area contributed by atoms with Gasteiger partial charge in [0.25, 0.3) is 5.91 Å². The van der Waals surface area contributed by atoms with Gasteiger partial charge in [-0.25, -0.2) is 9.78 Å². The Hall–Kier alpha value is -3.85. The Bertz CT molecular complexity index is 1230. The monoisotopic (exact) mass is 522 g/mol. The predicted molar refractivity (Wildman–Crippen MR) is 141 cm³/mol. The number of esters is 2. The van der Waals surface area contributed by atoms with Crippen LogP contribution in [0.15, 0.2) is 71.8 Å². The fraction of sp³-hybridized carbons (Fsp3) is 0.286. The molecule has 1 aromatic heterocycles. The highest BCUT2D eigenvalue weighted by molar-refractivity contribution is 7.99. The molecule has 0 aliphatic rings. The molecule has 0 bridgehead atoms. The zero-order chi connectivity index (χ0) is 26.9. The number of methoxy groups -OCH3 is 1. The molecule has 0 saturated carbocycles. The number of thioether (sulfide) groups is 1. The normalized spacial score (nSPS) is 13.1. The van der Waals surface area contributed by atoms with E-state index in [0.717, 1.165) is 16.0 Å². The Balaban J connectivity index is 1.74. The van der Waals surface area contributed by atoms with Crippen LogP contribution in [0, 0.1) is 6.92 Å². The zero-order valence-electron chi connectivity index (χ0n) is 21.4. The molecule has 37 heavy (non-hydrogen) atoms. The maximum Gasteiger partial charge on any atom is 0.328 e. The second-order valence-corrected chi connectivity index (χ2v) is 9.60. The highest BCUT2D eigenvalue weighted by Gasteiger charge is 2.29. The number of rotatable bonds is 10. The van der Waals surface area contributed by atoms with Crippen LogP contribution in [0.25, 0.3) is 0 Å². The predicted octanol–water partition coefficient (Wildman–Crippen LogP) is 4.91. The van der Waals surface area contributed by atoms with Crippen LogP contribution in [-0.4, -0.2) is 42.1 Å². The molecule has 1 amide bonds. The molecule has 1 N–H and O–H groups in total. The smallest absolute Gasteiger partial charge is 0.328 e. The number of pyridine rings is 1. The SMILES string of the molecule is COc1ccnc(C(=O)N[C@@H](C)C(=O)O[C@@H](C)[C@H](Sc2ccccc2)c2ccc(C)cc2)c1OC(C)=O. The lowest BCUT2D eigenvalue weighted by Crippen LogP contribution is -2.41. The summed E-state index contributed by atoms with van der Waals surface area (Å²) < 4.78 is 16.1. The number of carbonyl (C=O) groups is 3. The molecule has 0 aliphatic carbocycles. The summed E-state index contributed by atoms with van der Waals surface area (Å²) in [6, 6.07) is 18.4. The first-order valence-electron chi connectivity index (χ1n) is 11.7. The van der Waals surface area contributed by atoms with Crippen molar-refractivity contribution in [2.45, 2.75) is 50.0 Å². The second kappa shape index (κ2) is 12.9. The minimum atomic E-state index is -0.992. The first-order chi connectivity index (χ1) is 17.7. The Morgan fingerprint density at radius 2 is 1.65 bits per heavy atom. The van der Waals surface area contributed by atoms with Crippen LogP contribution in [-0.2, 0) is 14.3 Å². The average Bonchev–Trinajstić information content (AvgIpc) is 2.88. The van der Waals surface area contributed by atoms with Crippen LogP contribution in [0.3, 0.4) is 0 Å². The first kappa shape index (κ1) is 27.7. The van der Waals surface area contributed by atoms with Crippen LogP contribution in [0.1, 0.15) is 47.6 Å². The number of nitrogens with zero attached hydrogens (tertiary/aromatic N) is 1. The van der Waals surface area contributed by atoms with E-state index in [-0.39, 0.29) is 22.4 Å². The van der Waals surface area contributed by atoms with E-state index in [2.05, 4.69) is 10.3 Å². The van der Waals surface area contributed by atoms with Gasteiger partial charge in [0.15, 0.2) is 11.4 Å². The van der Waals surface area contributed by atoms with Gasteiger partial charge in [0.2, 0.25) is 5.75 Å². The molecule has 3 atom stereocenters. The van der Waals surface area contributed by atoms with E-state index in [1.54, 1.807) is 11.8 Å².